The summed E-state index contributed by atoms with van der Waals surface area (Å²) in [5, 5.41) is 17.2. The lowest BCUT2D eigenvalue weighted by Gasteiger charge is -2.16. The molecule has 140 valence electrons. The van der Waals surface area contributed by atoms with Crippen LogP contribution in [0.2, 0.25) is 0 Å². The standard InChI is InChI=1S/C20H22N4O3/c1-12(2)24-18-15(11-21-24)10-16(13(3)22-18)19(25)23-17(20(26)27)9-14-7-5-4-6-8-14/h4-8,10-12,17H,9H2,1-3H3,(H,23,25)(H,26,27)/t17-/m0/s1. The van der Waals surface area contributed by atoms with Crippen LogP contribution in [0.1, 0.15) is 41.5 Å². The van der Waals surface area contributed by atoms with Gasteiger partial charge in [0.1, 0.15) is 6.04 Å². The van der Waals surface area contributed by atoms with Crippen LogP contribution in [0.5, 0.6) is 0 Å². The second-order valence-corrected chi connectivity index (χ2v) is 6.77. The van der Waals surface area contributed by atoms with Crippen molar-refractivity contribution in [2.45, 2.75) is 39.3 Å². The van der Waals surface area contributed by atoms with E-state index in [0.29, 0.717) is 16.9 Å². The summed E-state index contributed by atoms with van der Waals surface area (Å²) in [6.45, 7) is 5.75. The molecular weight excluding hydrogens is 344 g/mol. The number of nitrogens with zero attached hydrogens (tertiary/aromatic N) is 3. The molecule has 0 saturated heterocycles. The number of hydrogen-bond acceptors (Lipinski definition) is 4. The average Bonchev–Trinajstić information content (AvgIpc) is 3.04. The minimum atomic E-state index is -1.08. The van der Waals surface area contributed by atoms with Crippen LogP contribution in [-0.2, 0) is 11.2 Å². The van der Waals surface area contributed by atoms with Gasteiger partial charge in [0.05, 0.1) is 17.5 Å². The number of nitrogens with one attached hydrogen (secondary N) is 1. The molecular formula is C20H22N4O3. The van der Waals surface area contributed by atoms with Crippen LogP contribution >= 0.6 is 0 Å². The van der Waals surface area contributed by atoms with Crippen molar-refractivity contribution >= 4 is 22.9 Å². The number of rotatable bonds is 6. The van der Waals surface area contributed by atoms with Crippen LogP contribution in [0.4, 0.5) is 0 Å². The molecule has 0 spiro atoms. The smallest absolute Gasteiger partial charge is 0.326 e. The average molecular weight is 366 g/mol. The fourth-order valence-electron chi connectivity index (χ4n) is 2.96. The zero-order chi connectivity index (χ0) is 19.6. The Morgan fingerprint density at radius 1 is 1.22 bits per heavy atom. The third-order valence-corrected chi connectivity index (χ3v) is 4.38. The summed E-state index contributed by atoms with van der Waals surface area (Å²) < 4.78 is 1.79. The van der Waals surface area contributed by atoms with E-state index in [9.17, 15) is 14.7 Å². The molecule has 0 radical (unpaired) electrons. The summed E-state index contributed by atoms with van der Waals surface area (Å²) in [6.07, 6.45) is 1.87. The number of benzene rings is 1. The first-order chi connectivity index (χ1) is 12.9. The van der Waals surface area contributed by atoms with E-state index >= 15 is 0 Å². The number of carboxylic acids is 1. The predicted octanol–water partition coefficient (Wildman–Crippen LogP) is 2.75. The number of amides is 1. The van der Waals surface area contributed by atoms with Crippen molar-refractivity contribution in [3.05, 3.63) is 59.4 Å². The largest absolute Gasteiger partial charge is 0.480 e. The normalized spacial score (nSPS) is 12.3. The fraction of sp³-hybridized carbons (Fsp3) is 0.300. The van der Waals surface area contributed by atoms with Crippen molar-refractivity contribution in [3.8, 4) is 0 Å². The molecule has 2 aromatic heterocycles. The molecule has 1 amide bonds. The molecule has 27 heavy (non-hydrogen) atoms. The first kappa shape index (κ1) is 18.6. The van der Waals surface area contributed by atoms with Crippen molar-refractivity contribution in [2.75, 3.05) is 0 Å². The first-order valence-corrected chi connectivity index (χ1v) is 8.79. The van der Waals surface area contributed by atoms with E-state index in [-0.39, 0.29) is 12.5 Å². The van der Waals surface area contributed by atoms with Crippen LogP contribution in [0.3, 0.4) is 0 Å². The number of carboxylic acid groups (broad SMARTS) is 1. The topological polar surface area (TPSA) is 97.1 Å². The van der Waals surface area contributed by atoms with E-state index in [1.165, 1.54) is 0 Å². The second-order valence-electron chi connectivity index (χ2n) is 6.77. The lowest BCUT2D eigenvalue weighted by atomic mass is 10.1. The van der Waals surface area contributed by atoms with Crippen LogP contribution in [0, 0.1) is 6.92 Å². The minimum absolute atomic E-state index is 0.149. The number of carbonyl (C=O) groups is 2. The summed E-state index contributed by atoms with van der Waals surface area (Å²) in [5.74, 6) is -1.53. The SMILES string of the molecule is Cc1nc2c(cnn2C(C)C)cc1C(=O)N[C@@H](Cc1ccccc1)C(=O)O. The molecule has 0 saturated carbocycles. The third-order valence-electron chi connectivity index (χ3n) is 4.38. The quantitative estimate of drug-likeness (QED) is 0.699. The van der Waals surface area contributed by atoms with Gasteiger partial charge < -0.3 is 10.4 Å². The highest BCUT2D eigenvalue weighted by Gasteiger charge is 2.23. The number of fused-ring (bicyclic) bond motifs is 1. The Kier molecular flexibility index (Phi) is 5.21. The summed E-state index contributed by atoms with van der Waals surface area (Å²) >= 11 is 0. The summed E-state index contributed by atoms with van der Waals surface area (Å²) in [4.78, 5) is 28.8. The molecule has 2 N–H and O–H groups in total. The van der Waals surface area contributed by atoms with Gasteiger partial charge in [-0.3, -0.25) is 4.79 Å². The number of aryl methyl sites for hydroxylation is 1. The maximum Gasteiger partial charge on any atom is 0.326 e. The van der Waals surface area contributed by atoms with Gasteiger partial charge in [0.15, 0.2) is 5.65 Å². The fourth-order valence-corrected chi connectivity index (χ4v) is 2.96. The Balaban J connectivity index is 1.85. The third kappa shape index (κ3) is 3.97. The summed E-state index contributed by atoms with van der Waals surface area (Å²) in [7, 11) is 0. The van der Waals surface area contributed by atoms with E-state index in [4.69, 9.17) is 0 Å². The van der Waals surface area contributed by atoms with E-state index in [0.717, 1.165) is 10.9 Å². The zero-order valence-electron chi connectivity index (χ0n) is 15.5. The van der Waals surface area contributed by atoms with E-state index < -0.39 is 17.9 Å². The Morgan fingerprint density at radius 3 is 2.56 bits per heavy atom. The lowest BCUT2D eigenvalue weighted by molar-refractivity contribution is -0.139. The van der Waals surface area contributed by atoms with Gasteiger partial charge in [-0.25, -0.2) is 14.5 Å². The highest BCUT2D eigenvalue weighted by Crippen LogP contribution is 2.19. The minimum Gasteiger partial charge on any atom is -0.480 e. The second kappa shape index (κ2) is 7.57. The summed E-state index contributed by atoms with van der Waals surface area (Å²) in [5.41, 5.74) is 2.43. The number of aromatic nitrogens is 3. The Bertz CT molecular complexity index is 980. The van der Waals surface area contributed by atoms with Gasteiger partial charge in [-0.15, -0.1) is 0 Å². The highest BCUT2D eigenvalue weighted by atomic mass is 16.4. The van der Waals surface area contributed by atoms with Crippen molar-refractivity contribution in [3.63, 3.8) is 0 Å². The maximum atomic E-state index is 12.7. The molecule has 3 aromatic rings. The van der Waals surface area contributed by atoms with Gasteiger partial charge >= 0.3 is 5.97 Å². The van der Waals surface area contributed by atoms with E-state index in [1.807, 2.05) is 44.2 Å². The molecule has 2 heterocycles. The van der Waals surface area contributed by atoms with Crippen LogP contribution in [0.15, 0.2) is 42.6 Å². The van der Waals surface area contributed by atoms with E-state index in [1.54, 1.807) is 23.9 Å². The summed E-state index contributed by atoms with van der Waals surface area (Å²) in [6, 6.07) is 10.0. The zero-order valence-corrected chi connectivity index (χ0v) is 15.5. The van der Waals surface area contributed by atoms with Crippen LogP contribution in [-0.4, -0.2) is 37.8 Å². The van der Waals surface area contributed by atoms with Crippen molar-refractivity contribution in [1.82, 2.24) is 20.1 Å². The molecule has 0 aliphatic rings. The molecule has 0 unspecified atom stereocenters. The maximum absolute atomic E-state index is 12.7. The highest BCUT2D eigenvalue weighted by molar-refractivity contribution is 6.00. The molecule has 3 rings (SSSR count). The van der Waals surface area contributed by atoms with Gasteiger partial charge in [-0.1, -0.05) is 30.3 Å². The Hall–Kier alpha value is -3.22. The van der Waals surface area contributed by atoms with Crippen molar-refractivity contribution in [1.29, 1.82) is 0 Å². The number of pyridine rings is 1. The van der Waals surface area contributed by atoms with Gasteiger partial charge in [-0.05, 0) is 32.4 Å². The molecule has 0 aliphatic carbocycles. The Morgan fingerprint density at radius 2 is 1.93 bits per heavy atom. The Labute approximate surface area is 157 Å². The molecule has 0 aliphatic heterocycles. The predicted molar refractivity (Wildman–Crippen MR) is 102 cm³/mol. The van der Waals surface area contributed by atoms with Gasteiger partial charge in [0.2, 0.25) is 0 Å². The van der Waals surface area contributed by atoms with Gasteiger partial charge in [0.25, 0.3) is 5.91 Å². The van der Waals surface area contributed by atoms with E-state index in [2.05, 4.69) is 15.4 Å². The number of carbonyl (C=O) groups excluding carboxylic acids is 1. The molecule has 0 fully saturated rings. The van der Waals surface area contributed by atoms with Crippen molar-refractivity contribution in [2.24, 2.45) is 0 Å². The van der Waals surface area contributed by atoms with Crippen LogP contribution < -0.4 is 5.32 Å². The van der Waals surface area contributed by atoms with Crippen molar-refractivity contribution < 1.29 is 14.7 Å². The monoisotopic (exact) mass is 366 g/mol. The van der Waals surface area contributed by atoms with Gasteiger partial charge in [-0.2, -0.15) is 5.10 Å². The molecule has 7 heteroatoms. The molecule has 7 nitrogen and oxygen atoms in total. The molecule has 0 bridgehead atoms. The van der Waals surface area contributed by atoms with Gasteiger partial charge in [0, 0.05) is 17.8 Å². The first-order valence-electron chi connectivity index (χ1n) is 8.79. The molecule has 1 atom stereocenters. The number of aliphatic carboxylic acids is 1. The molecule has 1 aromatic carbocycles. The van der Waals surface area contributed by atoms with Crippen LogP contribution in [0.25, 0.3) is 11.0 Å². The lowest BCUT2D eigenvalue weighted by Crippen LogP contribution is -2.42. The number of hydrogen-bond donors (Lipinski definition) is 2.